The molecule has 0 bridgehead atoms. The van der Waals surface area contributed by atoms with Crippen molar-refractivity contribution in [3.63, 3.8) is 0 Å². The van der Waals surface area contributed by atoms with Crippen LogP contribution in [-0.2, 0) is 17.6 Å². The van der Waals surface area contributed by atoms with Gasteiger partial charge in [-0.2, -0.15) is 0 Å². The van der Waals surface area contributed by atoms with Crippen LogP contribution in [0.4, 0.5) is 0 Å². The fourth-order valence-electron chi connectivity index (χ4n) is 2.57. The molecule has 0 saturated heterocycles. The minimum atomic E-state index is -1.03. The number of nitrogens with one attached hydrogen (secondary N) is 1. The summed E-state index contributed by atoms with van der Waals surface area (Å²) in [6, 6.07) is 7.81. The summed E-state index contributed by atoms with van der Waals surface area (Å²) in [7, 11) is 0. The van der Waals surface area contributed by atoms with Crippen molar-refractivity contribution in [2.24, 2.45) is 0 Å². The van der Waals surface area contributed by atoms with Crippen molar-refractivity contribution in [2.75, 3.05) is 13.2 Å². The Balaban J connectivity index is 1.85. The first-order chi connectivity index (χ1) is 12.5. The second kappa shape index (κ2) is 9.65. The van der Waals surface area contributed by atoms with Crippen molar-refractivity contribution >= 4 is 11.9 Å². The quantitative estimate of drug-likeness (QED) is 0.635. The van der Waals surface area contributed by atoms with E-state index in [0.717, 1.165) is 24.2 Å². The van der Waals surface area contributed by atoms with E-state index in [0.29, 0.717) is 30.7 Å². The standard InChI is InChI=1S/C20H25NO5/c1-3-4-11-25-16-7-5-15(6-8-16)9-10-21-20(24)19-14(2)13-26-17(19)12-18(22)23/h5-8,13H,3-4,9-12H2,1-2H3,(H,21,24)(H,22,23). The van der Waals surface area contributed by atoms with Crippen LogP contribution in [0, 0.1) is 6.92 Å². The van der Waals surface area contributed by atoms with Gasteiger partial charge in [0.15, 0.2) is 0 Å². The fourth-order valence-corrected chi connectivity index (χ4v) is 2.57. The first-order valence-electron chi connectivity index (χ1n) is 8.80. The van der Waals surface area contributed by atoms with E-state index in [-0.39, 0.29) is 18.1 Å². The molecule has 140 valence electrons. The molecule has 0 unspecified atom stereocenters. The molecule has 0 saturated carbocycles. The third kappa shape index (κ3) is 5.65. The number of furan rings is 1. The molecule has 1 amide bonds. The highest BCUT2D eigenvalue weighted by atomic mass is 16.5. The second-order valence-corrected chi connectivity index (χ2v) is 6.14. The molecule has 0 atom stereocenters. The van der Waals surface area contributed by atoms with E-state index in [9.17, 15) is 9.59 Å². The minimum absolute atomic E-state index is 0.182. The van der Waals surface area contributed by atoms with Crippen LogP contribution in [0.25, 0.3) is 0 Å². The summed E-state index contributed by atoms with van der Waals surface area (Å²) in [4.78, 5) is 23.2. The van der Waals surface area contributed by atoms with E-state index in [1.165, 1.54) is 6.26 Å². The summed E-state index contributed by atoms with van der Waals surface area (Å²) >= 11 is 0. The van der Waals surface area contributed by atoms with Crippen LogP contribution in [0.2, 0.25) is 0 Å². The molecule has 1 aromatic heterocycles. The van der Waals surface area contributed by atoms with Gasteiger partial charge in [-0.05, 0) is 37.5 Å². The zero-order valence-electron chi connectivity index (χ0n) is 15.2. The lowest BCUT2D eigenvalue weighted by Crippen LogP contribution is -2.27. The van der Waals surface area contributed by atoms with Crippen LogP contribution in [0.3, 0.4) is 0 Å². The normalized spacial score (nSPS) is 10.5. The number of aryl methyl sites for hydroxylation is 1. The van der Waals surface area contributed by atoms with E-state index < -0.39 is 5.97 Å². The van der Waals surface area contributed by atoms with Gasteiger partial charge in [0.25, 0.3) is 5.91 Å². The Hall–Kier alpha value is -2.76. The summed E-state index contributed by atoms with van der Waals surface area (Å²) in [6.45, 7) is 5.01. The van der Waals surface area contributed by atoms with E-state index >= 15 is 0 Å². The Kier molecular flexibility index (Phi) is 7.26. The maximum Gasteiger partial charge on any atom is 0.311 e. The SMILES string of the molecule is CCCCOc1ccc(CCNC(=O)c2c(C)coc2CC(=O)O)cc1. The van der Waals surface area contributed by atoms with Crippen LogP contribution in [0.15, 0.2) is 34.9 Å². The monoisotopic (exact) mass is 359 g/mol. The van der Waals surface area contributed by atoms with Gasteiger partial charge in [-0.15, -0.1) is 0 Å². The largest absolute Gasteiger partial charge is 0.494 e. The number of aliphatic carboxylic acids is 1. The number of rotatable bonds is 10. The van der Waals surface area contributed by atoms with Crippen molar-refractivity contribution in [2.45, 2.75) is 39.5 Å². The molecule has 0 spiro atoms. The number of amides is 1. The number of unbranched alkanes of at least 4 members (excludes halogenated alkanes) is 1. The van der Waals surface area contributed by atoms with E-state index in [4.69, 9.17) is 14.3 Å². The molecule has 6 nitrogen and oxygen atoms in total. The molecule has 0 aliphatic rings. The fraction of sp³-hybridized carbons (Fsp3) is 0.400. The summed E-state index contributed by atoms with van der Waals surface area (Å²) in [5.74, 6) is -0.318. The summed E-state index contributed by atoms with van der Waals surface area (Å²) in [5.41, 5.74) is 2.03. The Morgan fingerprint density at radius 1 is 1.23 bits per heavy atom. The number of hydrogen-bond acceptors (Lipinski definition) is 4. The number of carboxylic acids is 1. The van der Waals surface area contributed by atoms with Gasteiger partial charge in [0.2, 0.25) is 0 Å². The summed E-state index contributed by atoms with van der Waals surface area (Å²) < 4.78 is 10.8. The van der Waals surface area contributed by atoms with Gasteiger partial charge in [0.05, 0.1) is 18.4 Å². The maximum absolute atomic E-state index is 12.3. The van der Waals surface area contributed by atoms with Gasteiger partial charge in [-0.25, -0.2) is 0 Å². The van der Waals surface area contributed by atoms with Crippen LogP contribution in [0.5, 0.6) is 5.75 Å². The van der Waals surface area contributed by atoms with Gasteiger partial charge in [-0.3, -0.25) is 9.59 Å². The summed E-state index contributed by atoms with van der Waals surface area (Å²) in [6.07, 6.45) is 3.90. The third-order valence-corrected chi connectivity index (χ3v) is 3.98. The zero-order chi connectivity index (χ0) is 18.9. The van der Waals surface area contributed by atoms with E-state index in [1.807, 2.05) is 24.3 Å². The highest BCUT2D eigenvalue weighted by Crippen LogP contribution is 2.17. The summed E-state index contributed by atoms with van der Waals surface area (Å²) in [5, 5.41) is 11.7. The average Bonchev–Trinajstić information content (AvgIpc) is 2.96. The molecule has 26 heavy (non-hydrogen) atoms. The Morgan fingerprint density at radius 2 is 1.96 bits per heavy atom. The average molecular weight is 359 g/mol. The van der Waals surface area contributed by atoms with Crippen LogP contribution in [-0.4, -0.2) is 30.1 Å². The lowest BCUT2D eigenvalue weighted by molar-refractivity contribution is -0.136. The molecule has 0 radical (unpaired) electrons. The van der Waals surface area contributed by atoms with Crippen LogP contribution < -0.4 is 10.1 Å². The van der Waals surface area contributed by atoms with E-state index in [2.05, 4.69) is 12.2 Å². The molecule has 0 aliphatic heterocycles. The lowest BCUT2D eigenvalue weighted by atomic mass is 10.1. The lowest BCUT2D eigenvalue weighted by Gasteiger charge is -2.08. The number of carboxylic acid groups (broad SMARTS) is 1. The number of hydrogen-bond donors (Lipinski definition) is 2. The number of benzene rings is 1. The van der Waals surface area contributed by atoms with Gasteiger partial charge < -0.3 is 19.6 Å². The van der Waals surface area contributed by atoms with Gasteiger partial charge in [0, 0.05) is 12.1 Å². The maximum atomic E-state index is 12.3. The third-order valence-electron chi connectivity index (χ3n) is 3.98. The molecular weight excluding hydrogens is 334 g/mol. The number of ether oxygens (including phenoxy) is 1. The van der Waals surface area contributed by atoms with Crippen LogP contribution in [0.1, 0.15) is 47.0 Å². The van der Waals surface area contributed by atoms with Gasteiger partial charge >= 0.3 is 5.97 Å². The molecule has 6 heteroatoms. The first-order valence-corrected chi connectivity index (χ1v) is 8.80. The van der Waals surface area contributed by atoms with Crippen molar-refractivity contribution < 1.29 is 23.8 Å². The van der Waals surface area contributed by atoms with Gasteiger partial charge in [-0.1, -0.05) is 25.5 Å². The smallest absolute Gasteiger partial charge is 0.311 e. The zero-order valence-corrected chi connectivity index (χ0v) is 15.2. The van der Waals surface area contributed by atoms with Crippen molar-refractivity contribution in [1.82, 2.24) is 5.32 Å². The van der Waals surface area contributed by atoms with Gasteiger partial charge in [0.1, 0.15) is 17.9 Å². The topological polar surface area (TPSA) is 88.8 Å². The second-order valence-electron chi connectivity index (χ2n) is 6.14. The minimum Gasteiger partial charge on any atom is -0.494 e. The Labute approximate surface area is 153 Å². The molecular formula is C20H25NO5. The molecule has 2 rings (SSSR count). The molecule has 1 heterocycles. The molecule has 1 aromatic carbocycles. The van der Waals surface area contributed by atoms with Crippen LogP contribution >= 0.6 is 0 Å². The predicted octanol–water partition coefficient (Wildman–Crippen LogP) is 3.37. The highest BCUT2D eigenvalue weighted by molar-refractivity contribution is 5.97. The molecule has 2 N–H and O–H groups in total. The number of carbonyl (C=O) groups excluding carboxylic acids is 1. The molecule has 2 aromatic rings. The van der Waals surface area contributed by atoms with E-state index in [1.54, 1.807) is 6.92 Å². The van der Waals surface area contributed by atoms with Crippen molar-refractivity contribution in [3.05, 3.63) is 53.0 Å². The highest BCUT2D eigenvalue weighted by Gasteiger charge is 2.20. The molecule has 0 aliphatic carbocycles. The molecule has 0 fully saturated rings. The number of carbonyl (C=O) groups is 2. The Morgan fingerprint density at radius 3 is 2.62 bits per heavy atom. The van der Waals surface area contributed by atoms with Crippen molar-refractivity contribution in [1.29, 1.82) is 0 Å². The predicted molar refractivity (Wildman–Crippen MR) is 97.7 cm³/mol. The van der Waals surface area contributed by atoms with Crippen molar-refractivity contribution in [3.8, 4) is 5.75 Å². The first kappa shape index (κ1) is 19.6. The Bertz CT molecular complexity index is 733.